The third-order valence-electron chi connectivity index (χ3n) is 6.37. The smallest absolute Gasteiger partial charge is 0.475 e. The molecule has 2 aromatic heterocycles. The van der Waals surface area contributed by atoms with Crippen LogP contribution < -0.4 is 10.4 Å². The number of anilines is 1. The van der Waals surface area contributed by atoms with E-state index in [0.717, 1.165) is 43.9 Å². The third kappa shape index (κ3) is 10.2. The van der Waals surface area contributed by atoms with Crippen molar-refractivity contribution in [2.24, 2.45) is 5.92 Å². The maximum atomic E-state index is 13.3. The van der Waals surface area contributed by atoms with Gasteiger partial charge in [-0.25, -0.2) is 9.78 Å². The Hall–Kier alpha value is -4.13. The molecule has 234 valence electrons. The fraction of sp³-hybridized carbons (Fsp3) is 0.379. The Morgan fingerprint density at radius 3 is 2.43 bits per heavy atom. The minimum Gasteiger partial charge on any atom is -0.475 e. The van der Waals surface area contributed by atoms with Gasteiger partial charge in [0.15, 0.2) is 5.82 Å². The molecule has 1 aliphatic heterocycles. The monoisotopic (exact) mass is 676 g/mol. The first-order chi connectivity index (χ1) is 20.8. The molecule has 1 saturated heterocycles. The van der Waals surface area contributed by atoms with E-state index in [-0.39, 0.29) is 17.6 Å². The van der Waals surface area contributed by atoms with Gasteiger partial charge < -0.3 is 10.0 Å². The van der Waals surface area contributed by atoms with Crippen LogP contribution in [0.5, 0.6) is 0 Å². The van der Waals surface area contributed by atoms with Crippen LogP contribution in [0.3, 0.4) is 0 Å². The van der Waals surface area contributed by atoms with Crippen molar-refractivity contribution >= 4 is 33.6 Å². The molecule has 1 amide bonds. The van der Waals surface area contributed by atoms with Crippen molar-refractivity contribution in [3.05, 3.63) is 70.3 Å². The van der Waals surface area contributed by atoms with E-state index >= 15 is 0 Å². The molecule has 2 N–H and O–H groups in total. The number of amides is 1. The number of carboxylic acids is 1. The van der Waals surface area contributed by atoms with Gasteiger partial charge in [0.2, 0.25) is 5.82 Å². The first-order valence-electron chi connectivity index (χ1n) is 13.5. The lowest BCUT2D eigenvalue weighted by Crippen LogP contribution is -2.45. The van der Waals surface area contributed by atoms with Crippen molar-refractivity contribution in [1.82, 2.24) is 30.2 Å². The SMILES string of the molecule is CC(C)CN(NC(=O)c1cncc(-c2cccc(CN3CCN(C)CC3)c2)c1)c1nc(C#N)ncc1Br.O=C(O)C(F)(F)F. The van der Waals surface area contributed by atoms with E-state index in [1.165, 1.54) is 11.8 Å². The molecule has 0 spiro atoms. The number of aliphatic carboxylic acids is 1. The number of piperazine rings is 1. The summed E-state index contributed by atoms with van der Waals surface area (Å²) in [6, 6.07) is 12.2. The summed E-state index contributed by atoms with van der Waals surface area (Å²) in [5.74, 6) is -2.39. The van der Waals surface area contributed by atoms with Crippen molar-refractivity contribution in [2.45, 2.75) is 26.6 Å². The van der Waals surface area contributed by atoms with E-state index in [2.05, 4.69) is 71.4 Å². The highest BCUT2D eigenvalue weighted by Gasteiger charge is 2.38. The van der Waals surface area contributed by atoms with E-state index in [1.807, 2.05) is 32.0 Å². The molecule has 15 heteroatoms. The number of carbonyl (C=O) groups is 2. The fourth-order valence-electron chi connectivity index (χ4n) is 4.17. The quantitative estimate of drug-likeness (QED) is 0.331. The molecule has 0 radical (unpaired) electrons. The maximum Gasteiger partial charge on any atom is 0.490 e. The molecule has 1 aliphatic rings. The van der Waals surface area contributed by atoms with Crippen LogP contribution in [0.25, 0.3) is 11.1 Å². The summed E-state index contributed by atoms with van der Waals surface area (Å²) < 4.78 is 32.3. The van der Waals surface area contributed by atoms with Crippen molar-refractivity contribution < 1.29 is 27.9 Å². The van der Waals surface area contributed by atoms with Crippen LogP contribution in [0.1, 0.15) is 35.6 Å². The summed E-state index contributed by atoms with van der Waals surface area (Å²) in [6.45, 7) is 9.75. The summed E-state index contributed by atoms with van der Waals surface area (Å²) in [5.41, 5.74) is 6.50. The number of aromatic nitrogens is 3. The standard InChI is InChI=1S/C27H31BrN8O.C2HF3O2/c1-19(2)17-36(26-24(28)16-31-25(13-29)32-26)33-27(37)23-12-22(14-30-15-23)21-6-4-5-20(11-21)18-35-9-7-34(3)8-10-35;3-2(4,5)1(6)7/h4-6,11-12,14-16,19H,7-10,17-18H2,1-3H3,(H,33,37);(H,6,7). The molecule has 44 heavy (non-hydrogen) atoms. The Morgan fingerprint density at radius 2 is 1.82 bits per heavy atom. The molecule has 1 aromatic carbocycles. The number of carboxylic acid groups (broad SMARTS) is 1. The summed E-state index contributed by atoms with van der Waals surface area (Å²) in [7, 11) is 2.16. The first kappa shape index (κ1) is 34.4. The molecule has 11 nitrogen and oxygen atoms in total. The number of hydrogen-bond donors (Lipinski definition) is 2. The zero-order chi connectivity index (χ0) is 32.4. The van der Waals surface area contributed by atoms with E-state index in [9.17, 15) is 23.2 Å². The van der Waals surface area contributed by atoms with Gasteiger partial charge in [-0.3, -0.25) is 25.1 Å². The van der Waals surface area contributed by atoms with Gasteiger partial charge in [-0.15, -0.1) is 0 Å². The number of rotatable bonds is 8. The second-order valence-electron chi connectivity index (χ2n) is 10.5. The number of nitrogens with one attached hydrogen (secondary N) is 1. The number of pyridine rings is 1. The Morgan fingerprint density at radius 1 is 1.14 bits per heavy atom. The van der Waals surface area contributed by atoms with Crippen LogP contribution in [0.15, 0.2) is 53.4 Å². The number of hydrogen-bond acceptors (Lipinski definition) is 9. The topological polar surface area (TPSA) is 139 Å². The number of nitrogens with zero attached hydrogens (tertiary/aromatic N) is 7. The highest BCUT2D eigenvalue weighted by atomic mass is 79.9. The molecule has 0 atom stereocenters. The van der Waals surface area contributed by atoms with E-state index in [0.29, 0.717) is 22.4 Å². The van der Waals surface area contributed by atoms with Crippen molar-refractivity contribution in [3.8, 4) is 17.2 Å². The van der Waals surface area contributed by atoms with Gasteiger partial charge in [-0.05, 0) is 52.2 Å². The highest BCUT2D eigenvalue weighted by Crippen LogP contribution is 2.24. The molecule has 0 aliphatic carbocycles. The summed E-state index contributed by atoms with van der Waals surface area (Å²) in [5, 5.41) is 18.0. The van der Waals surface area contributed by atoms with Crippen LogP contribution in [-0.4, -0.2) is 87.7 Å². The molecule has 0 bridgehead atoms. The lowest BCUT2D eigenvalue weighted by molar-refractivity contribution is -0.192. The number of benzene rings is 1. The van der Waals surface area contributed by atoms with Gasteiger partial charge in [-0.1, -0.05) is 32.0 Å². The zero-order valence-corrected chi connectivity index (χ0v) is 25.9. The molecular formula is C29H32BrF3N8O3. The van der Waals surface area contributed by atoms with Gasteiger partial charge >= 0.3 is 12.1 Å². The number of halogens is 4. The second-order valence-corrected chi connectivity index (χ2v) is 11.3. The van der Waals surface area contributed by atoms with E-state index < -0.39 is 12.1 Å². The normalized spacial score (nSPS) is 13.9. The molecule has 3 heterocycles. The van der Waals surface area contributed by atoms with E-state index in [4.69, 9.17) is 9.90 Å². The Bertz CT molecular complexity index is 1490. The minimum absolute atomic E-state index is 0.0290. The fourth-order valence-corrected chi connectivity index (χ4v) is 4.58. The molecule has 0 saturated carbocycles. The first-order valence-corrected chi connectivity index (χ1v) is 14.3. The average Bonchev–Trinajstić information content (AvgIpc) is 2.98. The number of likely N-dealkylation sites (N-methyl/N-ethyl adjacent to an activating group) is 1. The van der Waals surface area contributed by atoms with Gasteiger partial charge in [-0.2, -0.15) is 23.4 Å². The van der Waals surface area contributed by atoms with Gasteiger partial charge in [0.1, 0.15) is 6.07 Å². The third-order valence-corrected chi connectivity index (χ3v) is 6.93. The molecule has 1 fully saturated rings. The number of alkyl halides is 3. The minimum atomic E-state index is -5.08. The van der Waals surface area contributed by atoms with Crippen LogP contribution in [0, 0.1) is 17.2 Å². The summed E-state index contributed by atoms with van der Waals surface area (Å²) in [4.78, 5) is 39.6. The van der Waals surface area contributed by atoms with Gasteiger partial charge in [0, 0.05) is 63.4 Å². The molecule has 0 unspecified atom stereocenters. The lowest BCUT2D eigenvalue weighted by atomic mass is 10.0. The van der Waals surface area contributed by atoms with E-state index in [1.54, 1.807) is 17.4 Å². The Labute approximate surface area is 261 Å². The van der Waals surface area contributed by atoms with Crippen LogP contribution >= 0.6 is 15.9 Å². The van der Waals surface area contributed by atoms with Crippen molar-refractivity contribution in [2.75, 3.05) is 44.8 Å². The van der Waals surface area contributed by atoms with Crippen LogP contribution in [0.4, 0.5) is 19.0 Å². The van der Waals surface area contributed by atoms with Crippen LogP contribution in [0.2, 0.25) is 0 Å². The molecule has 4 rings (SSSR count). The maximum absolute atomic E-state index is 13.3. The Kier molecular flexibility index (Phi) is 12.1. The predicted octanol–water partition coefficient (Wildman–Crippen LogP) is 4.36. The number of hydrazine groups is 1. The van der Waals surface area contributed by atoms with Crippen LogP contribution in [-0.2, 0) is 11.3 Å². The van der Waals surface area contributed by atoms with Crippen molar-refractivity contribution in [1.29, 1.82) is 5.26 Å². The van der Waals surface area contributed by atoms with Gasteiger partial charge in [0.25, 0.3) is 5.91 Å². The lowest BCUT2D eigenvalue weighted by Gasteiger charge is -2.32. The number of carbonyl (C=O) groups excluding carboxylic acids is 1. The highest BCUT2D eigenvalue weighted by molar-refractivity contribution is 9.10. The molecule has 3 aromatic rings. The second kappa shape index (κ2) is 15.6. The summed E-state index contributed by atoms with van der Waals surface area (Å²) in [6.07, 6.45) is -0.244. The largest absolute Gasteiger partial charge is 0.490 e. The average molecular weight is 678 g/mol. The predicted molar refractivity (Wildman–Crippen MR) is 160 cm³/mol. The zero-order valence-electron chi connectivity index (χ0n) is 24.3. The Balaban J connectivity index is 0.000000676. The molecular weight excluding hydrogens is 645 g/mol. The van der Waals surface area contributed by atoms with Crippen molar-refractivity contribution in [3.63, 3.8) is 0 Å². The summed E-state index contributed by atoms with van der Waals surface area (Å²) >= 11 is 3.44. The van der Waals surface area contributed by atoms with Gasteiger partial charge in [0.05, 0.1) is 10.0 Å². The number of nitriles is 1.